The minimum atomic E-state index is -0.596. The third kappa shape index (κ3) is 2.89. The van der Waals surface area contributed by atoms with Crippen LogP contribution in [0.15, 0.2) is 30.9 Å². The normalized spacial score (nSPS) is 19.9. The standard InChI is InChI=1S/C15H20BFO3/c1-6-7-18-13-9-11(8-12(17)10-13)16-19-14(2,3)15(4,5)20-16/h6,8-10H,1,7H2,2-5H3. The first-order chi connectivity index (χ1) is 9.25. The van der Waals surface area contributed by atoms with E-state index in [0.717, 1.165) is 0 Å². The minimum Gasteiger partial charge on any atom is -0.489 e. The number of hydrogen-bond donors (Lipinski definition) is 0. The van der Waals surface area contributed by atoms with Crippen LogP contribution in [0.4, 0.5) is 4.39 Å². The summed E-state index contributed by atoms with van der Waals surface area (Å²) in [5.74, 6) is 0.0610. The van der Waals surface area contributed by atoms with Gasteiger partial charge in [-0.2, -0.15) is 0 Å². The Labute approximate surface area is 119 Å². The second-order valence-corrected chi connectivity index (χ2v) is 5.91. The Hall–Kier alpha value is -1.33. The lowest BCUT2D eigenvalue weighted by Gasteiger charge is -2.32. The van der Waals surface area contributed by atoms with Gasteiger partial charge in [0.25, 0.3) is 0 Å². The van der Waals surface area contributed by atoms with Crippen molar-refractivity contribution < 1.29 is 18.4 Å². The molecule has 0 aliphatic carbocycles. The third-order valence-corrected chi connectivity index (χ3v) is 3.79. The molecule has 1 heterocycles. The molecule has 0 spiro atoms. The molecule has 0 amide bonds. The Bertz CT molecular complexity index is 498. The van der Waals surface area contributed by atoms with Gasteiger partial charge in [0.2, 0.25) is 0 Å². The molecule has 0 radical (unpaired) electrons. The van der Waals surface area contributed by atoms with Crippen LogP contribution < -0.4 is 10.2 Å². The van der Waals surface area contributed by atoms with Crippen LogP contribution in [0.2, 0.25) is 0 Å². The van der Waals surface area contributed by atoms with Gasteiger partial charge in [0.05, 0.1) is 11.2 Å². The fraction of sp³-hybridized carbons (Fsp3) is 0.467. The maximum atomic E-state index is 13.7. The van der Waals surface area contributed by atoms with Crippen LogP contribution in [0.25, 0.3) is 0 Å². The molecule has 5 heteroatoms. The van der Waals surface area contributed by atoms with E-state index in [4.69, 9.17) is 14.0 Å². The lowest BCUT2D eigenvalue weighted by molar-refractivity contribution is 0.00578. The van der Waals surface area contributed by atoms with E-state index in [0.29, 0.717) is 17.8 Å². The summed E-state index contributed by atoms with van der Waals surface area (Å²) in [5, 5.41) is 0. The highest BCUT2D eigenvalue weighted by molar-refractivity contribution is 6.62. The first-order valence-corrected chi connectivity index (χ1v) is 6.65. The van der Waals surface area contributed by atoms with Crippen molar-refractivity contribution in [1.29, 1.82) is 0 Å². The highest BCUT2D eigenvalue weighted by atomic mass is 19.1. The molecule has 1 aromatic rings. The Kier molecular flexibility index (Phi) is 3.94. The Morgan fingerprint density at radius 2 is 1.80 bits per heavy atom. The summed E-state index contributed by atoms with van der Waals surface area (Å²) in [4.78, 5) is 0. The SMILES string of the molecule is C=CCOc1cc(F)cc(B2OC(C)(C)C(C)(C)O2)c1. The van der Waals surface area contributed by atoms with E-state index in [9.17, 15) is 4.39 Å². The molecule has 1 aromatic carbocycles. The lowest BCUT2D eigenvalue weighted by atomic mass is 9.79. The van der Waals surface area contributed by atoms with Crippen molar-refractivity contribution in [1.82, 2.24) is 0 Å². The van der Waals surface area contributed by atoms with E-state index in [1.807, 2.05) is 27.7 Å². The predicted molar refractivity (Wildman–Crippen MR) is 77.8 cm³/mol. The minimum absolute atomic E-state index is 0.326. The zero-order valence-corrected chi connectivity index (χ0v) is 12.4. The molecule has 0 N–H and O–H groups in total. The topological polar surface area (TPSA) is 27.7 Å². The number of hydrogen-bond acceptors (Lipinski definition) is 3. The van der Waals surface area contributed by atoms with Crippen LogP contribution in [0.1, 0.15) is 27.7 Å². The molecular formula is C15H20BFO3. The van der Waals surface area contributed by atoms with Gasteiger partial charge < -0.3 is 14.0 Å². The first-order valence-electron chi connectivity index (χ1n) is 6.65. The number of ether oxygens (including phenoxy) is 1. The van der Waals surface area contributed by atoms with E-state index in [2.05, 4.69) is 6.58 Å². The highest BCUT2D eigenvalue weighted by Crippen LogP contribution is 2.36. The second-order valence-electron chi connectivity index (χ2n) is 5.91. The van der Waals surface area contributed by atoms with E-state index < -0.39 is 18.3 Å². The van der Waals surface area contributed by atoms with Gasteiger partial charge in [-0.15, -0.1) is 0 Å². The molecule has 2 rings (SSSR count). The monoisotopic (exact) mass is 278 g/mol. The maximum absolute atomic E-state index is 13.7. The first kappa shape index (κ1) is 15.1. The summed E-state index contributed by atoms with van der Waals surface area (Å²) in [6.07, 6.45) is 1.61. The van der Waals surface area contributed by atoms with Gasteiger partial charge >= 0.3 is 7.12 Å². The average molecular weight is 278 g/mol. The van der Waals surface area contributed by atoms with Crippen molar-refractivity contribution in [3.63, 3.8) is 0 Å². The van der Waals surface area contributed by atoms with Crippen molar-refractivity contribution >= 4 is 12.6 Å². The van der Waals surface area contributed by atoms with Gasteiger partial charge in [0.1, 0.15) is 18.2 Å². The smallest absolute Gasteiger partial charge is 0.489 e. The third-order valence-electron chi connectivity index (χ3n) is 3.79. The molecule has 1 aliphatic heterocycles. The van der Waals surface area contributed by atoms with Crippen LogP contribution in [0.3, 0.4) is 0 Å². The number of halogens is 1. The zero-order chi connectivity index (χ0) is 15.0. The molecule has 0 bridgehead atoms. The molecule has 0 atom stereocenters. The molecule has 0 unspecified atom stereocenters. The fourth-order valence-electron chi connectivity index (χ4n) is 1.94. The molecule has 1 fully saturated rings. The van der Waals surface area contributed by atoms with Crippen LogP contribution in [-0.2, 0) is 9.31 Å². The fourth-order valence-corrected chi connectivity index (χ4v) is 1.94. The summed E-state index contributed by atoms with van der Waals surface area (Å²) in [7, 11) is -0.596. The van der Waals surface area contributed by atoms with Crippen molar-refractivity contribution in [3.8, 4) is 5.75 Å². The molecule has 20 heavy (non-hydrogen) atoms. The van der Waals surface area contributed by atoms with E-state index in [-0.39, 0.29) is 5.82 Å². The summed E-state index contributed by atoms with van der Waals surface area (Å²) in [6, 6.07) is 4.47. The Morgan fingerprint density at radius 1 is 1.20 bits per heavy atom. The van der Waals surface area contributed by atoms with Crippen molar-refractivity contribution in [2.45, 2.75) is 38.9 Å². The van der Waals surface area contributed by atoms with Crippen LogP contribution in [-0.4, -0.2) is 24.9 Å². The predicted octanol–water partition coefficient (Wildman–Crippen LogP) is 2.69. The van der Waals surface area contributed by atoms with E-state index >= 15 is 0 Å². The zero-order valence-electron chi connectivity index (χ0n) is 12.4. The molecule has 0 aromatic heterocycles. The maximum Gasteiger partial charge on any atom is 0.495 e. The average Bonchev–Trinajstić information content (AvgIpc) is 2.55. The summed E-state index contributed by atoms with van der Waals surface area (Å²) in [6.45, 7) is 11.7. The van der Waals surface area contributed by atoms with Crippen molar-refractivity contribution in [2.75, 3.05) is 6.61 Å². The van der Waals surface area contributed by atoms with Crippen LogP contribution in [0, 0.1) is 5.82 Å². The quantitative estimate of drug-likeness (QED) is 0.626. The van der Waals surface area contributed by atoms with Gasteiger partial charge in [-0.25, -0.2) is 4.39 Å². The Morgan fingerprint density at radius 3 is 2.35 bits per heavy atom. The largest absolute Gasteiger partial charge is 0.495 e. The highest BCUT2D eigenvalue weighted by Gasteiger charge is 2.51. The molecular weight excluding hydrogens is 258 g/mol. The summed E-state index contributed by atoms with van der Waals surface area (Å²) >= 11 is 0. The van der Waals surface area contributed by atoms with Gasteiger partial charge in [-0.1, -0.05) is 12.7 Å². The van der Waals surface area contributed by atoms with Crippen LogP contribution in [0.5, 0.6) is 5.75 Å². The van der Waals surface area contributed by atoms with Crippen molar-refractivity contribution in [3.05, 3.63) is 36.7 Å². The Balaban J connectivity index is 2.25. The second kappa shape index (κ2) is 5.22. The molecule has 1 aliphatic rings. The number of rotatable bonds is 4. The molecule has 0 saturated carbocycles. The van der Waals surface area contributed by atoms with Crippen molar-refractivity contribution in [2.24, 2.45) is 0 Å². The van der Waals surface area contributed by atoms with E-state index in [1.54, 1.807) is 12.1 Å². The number of benzene rings is 1. The van der Waals surface area contributed by atoms with Gasteiger partial charge in [-0.05, 0) is 45.3 Å². The molecule has 108 valence electrons. The van der Waals surface area contributed by atoms with Gasteiger partial charge in [0.15, 0.2) is 0 Å². The van der Waals surface area contributed by atoms with Gasteiger partial charge in [0, 0.05) is 6.07 Å². The lowest BCUT2D eigenvalue weighted by Crippen LogP contribution is -2.41. The van der Waals surface area contributed by atoms with Gasteiger partial charge in [-0.3, -0.25) is 0 Å². The summed E-state index contributed by atoms with van der Waals surface area (Å²) < 4.78 is 30.8. The summed E-state index contributed by atoms with van der Waals surface area (Å²) in [5.41, 5.74) is -0.291. The molecule has 3 nitrogen and oxygen atoms in total. The molecule has 1 saturated heterocycles. The van der Waals surface area contributed by atoms with E-state index in [1.165, 1.54) is 12.1 Å². The van der Waals surface area contributed by atoms with Crippen LogP contribution >= 0.6 is 0 Å².